The average molecular weight is 369 g/mol. The number of likely N-dealkylation sites (N-methyl/N-ethyl adjacent to an activating group) is 1. The third-order valence-corrected chi connectivity index (χ3v) is 5.82. The number of carbonyl (C=O) groups excluding carboxylic acids is 1. The van der Waals surface area contributed by atoms with Crippen molar-refractivity contribution in [2.45, 2.75) is 18.1 Å². The molecule has 27 heavy (non-hydrogen) atoms. The third-order valence-electron chi connectivity index (χ3n) is 5.82. The molecule has 0 unspecified atom stereocenters. The minimum absolute atomic E-state index is 0.0482. The van der Waals surface area contributed by atoms with Crippen LogP contribution in [-0.4, -0.2) is 48.4 Å². The van der Waals surface area contributed by atoms with Crippen molar-refractivity contribution in [3.63, 3.8) is 0 Å². The molecule has 7 nitrogen and oxygen atoms in total. The Labute approximate surface area is 155 Å². The van der Waals surface area contributed by atoms with Gasteiger partial charge < -0.3 is 24.4 Å². The summed E-state index contributed by atoms with van der Waals surface area (Å²) in [5.41, 5.74) is 0.415. The van der Waals surface area contributed by atoms with Crippen molar-refractivity contribution in [3.05, 3.63) is 46.5 Å². The van der Waals surface area contributed by atoms with Crippen LogP contribution in [0.4, 0.5) is 0 Å². The molecule has 2 atom stereocenters. The fraction of sp³-hybridized carbons (Fsp3) is 0.350. The molecule has 0 fully saturated rings. The zero-order valence-electron chi connectivity index (χ0n) is 15.0. The van der Waals surface area contributed by atoms with Gasteiger partial charge >= 0.3 is 0 Å². The van der Waals surface area contributed by atoms with Gasteiger partial charge in [-0.2, -0.15) is 0 Å². The Kier molecular flexibility index (Phi) is 3.26. The van der Waals surface area contributed by atoms with Crippen LogP contribution in [0.2, 0.25) is 0 Å². The maximum atomic E-state index is 13.5. The number of hydrogen-bond donors (Lipinski definition) is 2. The van der Waals surface area contributed by atoms with Gasteiger partial charge in [-0.1, -0.05) is 6.07 Å². The van der Waals surface area contributed by atoms with Crippen LogP contribution in [0.15, 0.2) is 24.3 Å². The Morgan fingerprint density at radius 1 is 1.30 bits per heavy atom. The lowest BCUT2D eigenvalue weighted by Gasteiger charge is -2.34. The Morgan fingerprint density at radius 3 is 2.89 bits per heavy atom. The summed E-state index contributed by atoms with van der Waals surface area (Å²) in [4.78, 5) is 15.5. The van der Waals surface area contributed by atoms with Gasteiger partial charge in [-0.3, -0.25) is 9.69 Å². The number of nitrogens with zero attached hydrogens (tertiary/aromatic N) is 1. The van der Waals surface area contributed by atoms with Crippen molar-refractivity contribution in [3.8, 4) is 23.0 Å². The van der Waals surface area contributed by atoms with E-state index in [1.165, 1.54) is 13.2 Å². The van der Waals surface area contributed by atoms with E-state index in [0.717, 1.165) is 5.56 Å². The topological polar surface area (TPSA) is 88.5 Å². The summed E-state index contributed by atoms with van der Waals surface area (Å²) in [7, 11) is 3.35. The molecule has 2 aromatic carbocycles. The summed E-state index contributed by atoms with van der Waals surface area (Å²) in [6.45, 7) is 0.682. The lowest BCUT2D eigenvalue weighted by molar-refractivity contribution is -0.0142. The van der Waals surface area contributed by atoms with E-state index in [2.05, 4.69) is 0 Å². The molecule has 2 aromatic rings. The Hall–Kier alpha value is -2.77. The van der Waals surface area contributed by atoms with Crippen molar-refractivity contribution < 1.29 is 29.2 Å². The standard InChI is InChI=1S/C20H19NO6/c1-21-6-5-10-7-15(25-2)13(22)8-12(10)20(24)18(21)11-3-4-14-17(27-9-26-14)16(11)19(20)23/h3-4,7-8,18,22,24H,5-6,9H2,1-2H3/t18-,20+/m1/s1. The molecule has 0 saturated carbocycles. The monoisotopic (exact) mass is 369 g/mol. The second-order valence-electron chi connectivity index (χ2n) is 7.17. The lowest BCUT2D eigenvalue weighted by Crippen LogP contribution is -2.42. The molecule has 0 spiro atoms. The maximum absolute atomic E-state index is 13.5. The highest BCUT2D eigenvalue weighted by molar-refractivity contribution is 6.11. The van der Waals surface area contributed by atoms with E-state index in [0.29, 0.717) is 46.9 Å². The number of Topliss-reactive ketones (excluding diaryl/α,β-unsaturated/α-hetero) is 1. The molecular weight excluding hydrogens is 350 g/mol. The van der Waals surface area contributed by atoms with Crippen LogP contribution < -0.4 is 14.2 Å². The number of aromatic hydroxyl groups is 1. The van der Waals surface area contributed by atoms with E-state index in [9.17, 15) is 15.0 Å². The van der Waals surface area contributed by atoms with Crippen LogP contribution in [0, 0.1) is 0 Å². The highest BCUT2D eigenvalue weighted by Gasteiger charge is 2.58. The van der Waals surface area contributed by atoms with Gasteiger partial charge in [0.15, 0.2) is 28.6 Å². The first-order chi connectivity index (χ1) is 13.0. The van der Waals surface area contributed by atoms with Crippen LogP contribution in [-0.2, 0) is 12.0 Å². The third kappa shape index (κ3) is 1.95. The first-order valence-electron chi connectivity index (χ1n) is 8.77. The second kappa shape index (κ2) is 5.37. The predicted octanol–water partition coefficient (Wildman–Crippen LogP) is 1.74. The lowest BCUT2D eigenvalue weighted by atomic mass is 9.83. The van der Waals surface area contributed by atoms with Crippen molar-refractivity contribution in [2.24, 2.45) is 0 Å². The Bertz CT molecular complexity index is 987. The number of rotatable bonds is 1. The summed E-state index contributed by atoms with van der Waals surface area (Å²) in [5.74, 6) is 0.652. The number of aliphatic hydroxyl groups is 1. The number of phenolic OH excluding ortho intramolecular Hbond substituents is 1. The number of phenols is 1. The van der Waals surface area contributed by atoms with Gasteiger partial charge in [0.2, 0.25) is 12.6 Å². The summed E-state index contributed by atoms with van der Waals surface area (Å²) >= 11 is 0. The zero-order valence-corrected chi connectivity index (χ0v) is 15.0. The van der Waals surface area contributed by atoms with Gasteiger partial charge in [0, 0.05) is 12.1 Å². The number of ether oxygens (including phenoxy) is 3. The number of benzene rings is 2. The molecule has 0 radical (unpaired) electrons. The van der Waals surface area contributed by atoms with Crippen LogP contribution >= 0.6 is 0 Å². The fourth-order valence-corrected chi connectivity index (χ4v) is 4.58. The minimum Gasteiger partial charge on any atom is -0.504 e. The molecule has 2 aliphatic heterocycles. The Morgan fingerprint density at radius 2 is 2.11 bits per heavy atom. The van der Waals surface area contributed by atoms with Gasteiger partial charge in [-0.25, -0.2) is 0 Å². The summed E-state index contributed by atoms with van der Waals surface area (Å²) < 4.78 is 16.1. The highest BCUT2D eigenvalue weighted by Crippen LogP contribution is 2.56. The van der Waals surface area contributed by atoms with E-state index in [1.807, 2.05) is 18.0 Å². The smallest absolute Gasteiger partial charge is 0.231 e. The van der Waals surface area contributed by atoms with Crippen LogP contribution in [0.25, 0.3) is 0 Å². The molecule has 3 aliphatic rings. The van der Waals surface area contributed by atoms with Gasteiger partial charge in [0.1, 0.15) is 0 Å². The van der Waals surface area contributed by atoms with Crippen LogP contribution in [0.1, 0.15) is 33.1 Å². The van der Waals surface area contributed by atoms with Crippen molar-refractivity contribution in [1.82, 2.24) is 4.90 Å². The number of hydrogen-bond acceptors (Lipinski definition) is 7. The maximum Gasteiger partial charge on any atom is 0.231 e. The van der Waals surface area contributed by atoms with Gasteiger partial charge in [-0.15, -0.1) is 0 Å². The fourth-order valence-electron chi connectivity index (χ4n) is 4.58. The molecule has 0 aromatic heterocycles. The first-order valence-corrected chi connectivity index (χ1v) is 8.77. The molecule has 140 valence electrons. The molecule has 1 aliphatic carbocycles. The molecule has 5 rings (SSSR count). The van der Waals surface area contributed by atoms with Crippen LogP contribution in [0.3, 0.4) is 0 Å². The largest absolute Gasteiger partial charge is 0.504 e. The van der Waals surface area contributed by atoms with Crippen molar-refractivity contribution >= 4 is 5.78 Å². The molecule has 2 N–H and O–H groups in total. The highest BCUT2D eigenvalue weighted by atomic mass is 16.7. The quantitative estimate of drug-likeness (QED) is 0.792. The molecule has 0 saturated heterocycles. The van der Waals surface area contributed by atoms with Crippen LogP contribution in [0.5, 0.6) is 23.0 Å². The molecule has 0 amide bonds. The number of fused-ring (bicyclic) bond motifs is 7. The SMILES string of the molecule is COc1cc2c(cc1O)[C@@]1(O)C(=O)c3c(ccc4c3OCO4)[C@H]1N(C)CC2. The number of ketones is 1. The Balaban J connectivity index is 1.79. The van der Waals surface area contributed by atoms with E-state index in [1.54, 1.807) is 12.1 Å². The summed E-state index contributed by atoms with van der Waals surface area (Å²) in [6, 6.07) is 6.14. The van der Waals surface area contributed by atoms with Crippen molar-refractivity contribution in [1.29, 1.82) is 0 Å². The normalized spacial score (nSPS) is 25.6. The van der Waals surface area contributed by atoms with Gasteiger partial charge in [-0.05, 0) is 42.8 Å². The van der Waals surface area contributed by atoms with E-state index >= 15 is 0 Å². The predicted molar refractivity (Wildman–Crippen MR) is 94.5 cm³/mol. The molecule has 0 bridgehead atoms. The first kappa shape index (κ1) is 16.4. The van der Waals surface area contributed by atoms with Gasteiger partial charge in [0.25, 0.3) is 0 Å². The number of methoxy groups -OCH3 is 1. The summed E-state index contributed by atoms with van der Waals surface area (Å²) in [5, 5.41) is 22.1. The molecule has 2 heterocycles. The molecular formula is C20H19NO6. The zero-order chi connectivity index (χ0) is 18.9. The second-order valence-corrected chi connectivity index (χ2v) is 7.17. The average Bonchev–Trinajstić information content (AvgIpc) is 3.19. The van der Waals surface area contributed by atoms with E-state index < -0.39 is 17.4 Å². The van der Waals surface area contributed by atoms with Gasteiger partial charge in [0.05, 0.1) is 18.7 Å². The van der Waals surface area contributed by atoms with Crippen molar-refractivity contribution in [2.75, 3.05) is 27.5 Å². The molecule has 7 heteroatoms. The number of carbonyl (C=O) groups is 1. The van der Waals surface area contributed by atoms with E-state index in [4.69, 9.17) is 14.2 Å². The van der Waals surface area contributed by atoms with E-state index in [-0.39, 0.29) is 12.5 Å². The minimum atomic E-state index is -1.83. The summed E-state index contributed by atoms with van der Waals surface area (Å²) in [6.07, 6.45) is 0.619.